The van der Waals surface area contributed by atoms with Gasteiger partial charge in [-0.15, -0.1) is 11.3 Å². The molecule has 1 amide bonds. The second kappa shape index (κ2) is 8.08. The number of thiophene rings is 1. The third kappa shape index (κ3) is 4.00. The molecule has 0 radical (unpaired) electrons. The van der Waals surface area contributed by atoms with E-state index in [1.54, 1.807) is 24.3 Å². The maximum atomic E-state index is 12.7. The summed E-state index contributed by atoms with van der Waals surface area (Å²) in [5, 5.41) is 2.78. The van der Waals surface area contributed by atoms with Crippen LogP contribution in [0.4, 0.5) is 0 Å². The van der Waals surface area contributed by atoms with Gasteiger partial charge in [-0.3, -0.25) is 4.79 Å². The monoisotopic (exact) mass is 424 g/mol. The SMILES string of the molecule is O=C(NCc1ccc(S(=O)(=O)N2CCOCC2)s1)[C@@H]1COc2ccccc2O1. The van der Waals surface area contributed by atoms with E-state index >= 15 is 0 Å². The van der Waals surface area contributed by atoms with Crippen molar-refractivity contribution in [1.29, 1.82) is 0 Å². The van der Waals surface area contributed by atoms with Gasteiger partial charge in [0.1, 0.15) is 10.8 Å². The summed E-state index contributed by atoms with van der Waals surface area (Å²) < 4.78 is 43.4. The van der Waals surface area contributed by atoms with Crippen LogP contribution in [0.1, 0.15) is 4.88 Å². The van der Waals surface area contributed by atoms with Gasteiger partial charge in [-0.1, -0.05) is 12.1 Å². The number of nitrogens with one attached hydrogen (secondary N) is 1. The van der Waals surface area contributed by atoms with Crippen molar-refractivity contribution >= 4 is 27.3 Å². The lowest BCUT2D eigenvalue weighted by atomic mass is 10.2. The summed E-state index contributed by atoms with van der Waals surface area (Å²) >= 11 is 1.15. The lowest BCUT2D eigenvalue weighted by molar-refractivity contribution is -0.130. The average Bonchev–Trinajstić information content (AvgIpc) is 3.22. The van der Waals surface area contributed by atoms with E-state index in [-0.39, 0.29) is 23.3 Å². The zero-order valence-corrected chi connectivity index (χ0v) is 16.6. The van der Waals surface area contributed by atoms with Crippen LogP contribution >= 0.6 is 11.3 Å². The first kappa shape index (κ1) is 19.2. The van der Waals surface area contributed by atoms with E-state index in [4.69, 9.17) is 14.2 Å². The smallest absolute Gasteiger partial charge is 0.264 e. The number of ether oxygens (including phenoxy) is 3. The predicted octanol–water partition coefficient (Wildman–Crippen LogP) is 1.23. The number of rotatable bonds is 5. The van der Waals surface area contributed by atoms with Gasteiger partial charge in [0.2, 0.25) is 6.10 Å². The van der Waals surface area contributed by atoms with Crippen LogP contribution in [0.2, 0.25) is 0 Å². The summed E-state index contributed by atoms with van der Waals surface area (Å²) in [6, 6.07) is 10.5. The lowest BCUT2D eigenvalue weighted by Crippen LogP contribution is -2.43. The van der Waals surface area contributed by atoms with E-state index < -0.39 is 16.1 Å². The average molecular weight is 425 g/mol. The van der Waals surface area contributed by atoms with Crippen LogP contribution in [0, 0.1) is 0 Å². The first-order chi connectivity index (χ1) is 13.5. The summed E-state index contributed by atoms with van der Waals surface area (Å²) in [6.07, 6.45) is -0.744. The Kier molecular flexibility index (Phi) is 5.54. The Morgan fingerprint density at radius 1 is 1.14 bits per heavy atom. The number of sulfonamides is 1. The summed E-state index contributed by atoms with van der Waals surface area (Å²) in [5.74, 6) is 0.840. The molecule has 2 aliphatic rings. The molecule has 0 unspecified atom stereocenters. The Balaban J connectivity index is 1.35. The quantitative estimate of drug-likeness (QED) is 0.776. The van der Waals surface area contributed by atoms with Crippen LogP contribution < -0.4 is 14.8 Å². The zero-order chi connectivity index (χ0) is 19.6. The van der Waals surface area contributed by atoms with Crippen molar-refractivity contribution in [2.75, 3.05) is 32.9 Å². The van der Waals surface area contributed by atoms with E-state index in [1.807, 2.05) is 12.1 Å². The number of carbonyl (C=O) groups excluding carboxylic acids is 1. The fourth-order valence-corrected chi connectivity index (χ4v) is 5.80. The van der Waals surface area contributed by atoms with Crippen LogP contribution in [0.15, 0.2) is 40.6 Å². The number of benzene rings is 1. The van der Waals surface area contributed by atoms with Crippen LogP contribution in [-0.4, -0.2) is 57.6 Å². The molecule has 1 atom stereocenters. The maximum Gasteiger partial charge on any atom is 0.264 e. The normalized spacial score (nSPS) is 19.9. The third-order valence-corrected chi connectivity index (χ3v) is 7.89. The molecular weight excluding hydrogens is 404 g/mol. The first-order valence-corrected chi connectivity index (χ1v) is 11.1. The van der Waals surface area contributed by atoms with Crippen molar-refractivity contribution in [3.05, 3.63) is 41.3 Å². The van der Waals surface area contributed by atoms with Gasteiger partial charge in [-0.05, 0) is 24.3 Å². The summed E-state index contributed by atoms with van der Waals surface area (Å²) in [6.45, 7) is 1.87. The molecule has 2 aliphatic heterocycles. The van der Waals surface area contributed by atoms with Crippen LogP contribution in [0.25, 0.3) is 0 Å². The molecule has 150 valence electrons. The third-order valence-electron chi connectivity index (χ3n) is 4.44. The highest BCUT2D eigenvalue weighted by Crippen LogP contribution is 2.31. The number of morpholine rings is 1. The number of para-hydroxylation sites is 2. The number of nitrogens with zero attached hydrogens (tertiary/aromatic N) is 1. The molecule has 28 heavy (non-hydrogen) atoms. The predicted molar refractivity (Wildman–Crippen MR) is 102 cm³/mol. The molecule has 0 aliphatic carbocycles. The fraction of sp³-hybridized carbons (Fsp3) is 0.389. The molecule has 2 aromatic rings. The van der Waals surface area contributed by atoms with E-state index in [0.29, 0.717) is 37.8 Å². The minimum atomic E-state index is -3.52. The molecule has 0 saturated carbocycles. The molecule has 1 aromatic heterocycles. The zero-order valence-electron chi connectivity index (χ0n) is 15.0. The van der Waals surface area contributed by atoms with Gasteiger partial charge >= 0.3 is 0 Å². The molecule has 3 heterocycles. The fourth-order valence-electron chi connectivity index (χ4n) is 2.94. The number of carbonyl (C=O) groups is 1. The number of amides is 1. The number of fused-ring (bicyclic) bond motifs is 1. The Morgan fingerprint density at radius 3 is 2.68 bits per heavy atom. The maximum absolute atomic E-state index is 12.7. The van der Waals surface area contributed by atoms with Gasteiger partial charge in [-0.25, -0.2) is 8.42 Å². The standard InChI is InChI=1S/C18H20N2O6S2/c21-18(16-12-25-14-3-1-2-4-15(14)26-16)19-11-13-5-6-17(27-13)28(22,23)20-7-9-24-10-8-20/h1-6,16H,7-12H2,(H,19,21)/t16-/m0/s1. The van der Waals surface area contributed by atoms with Crippen LogP contribution in [0.3, 0.4) is 0 Å². The first-order valence-electron chi connectivity index (χ1n) is 8.87. The van der Waals surface area contributed by atoms with Crippen LogP contribution in [-0.2, 0) is 26.1 Å². The highest BCUT2D eigenvalue weighted by molar-refractivity contribution is 7.91. The molecule has 4 rings (SSSR count). The van der Waals surface area contributed by atoms with Gasteiger partial charge < -0.3 is 19.5 Å². The van der Waals surface area contributed by atoms with Gasteiger partial charge in [0, 0.05) is 18.0 Å². The van der Waals surface area contributed by atoms with Crippen molar-refractivity contribution in [2.24, 2.45) is 0 Å². The Bertz CT molecular complexity index is 952. The second-order valence-electron chi connectivity index (χ2n) is 6.32. The van der Waals surface area contributed by atoms with E-state index in [9.17, 15) is 13.2 Å². The molecule has 1 fully saturated rings. The Labute approximate surface area is 167 Å². The lowest BCUT2D eigenvalue weighted by Gasteiger charge is -2.25. The summed E-state index contributed by atoms with van der Waals surface area (Å²) in [7, 11) is -3.52. The molecule has 8 nitrogen and oxygen atoms in total. The van der Waals surface area contributed by atoms with Crippen molar-refractivity contribution in [2.45, 2.75) is 16.9 Å². The van der Waals surface area contributed by atoms with E-state index in [1.165, 1.54) is 4.31 Å². The molecule has 1 N–H and O–H groups in total. The number of hydrogen-bond donors (Lipinski definition) is 1. The van der Waals surface area contributed by atoms with Gasteiger partial charge in [0.05, 0.1) is 19.8 Å². The number of hydrogen-bond acceptors (Lipinski definition) is 7. The second-order valence-corrected chi connectivity index (χ2v) is 9.65. The Hall–Kier alpha value is -2.14. The van der Waals surface area contributed by atoms with E-state index in [0.717, 1.165) is 16.2 Å². The highest BCUT2D eigenvalue weighted by Gasteiger charge is 2.29. The van der Waals surface area contributed by atoms with Crippen molar-refractivity contribution < 1.29 is 27.4 Å². The molecular formula is C18H20N2O6S2. The van der Waals surface area contributed by atoms with E-state index in [2.05, 4.69) is 5.32 Å². The molecule has 1 saturated heterocycles. The van der Waals surface area contributed by atoms with Gasteiger partial charge in [0.15, 0.2) is 11.5 Å². The summed E-state index contributed by atoms with van der Waals surface area (Å²) in [5.41, 5.74) is 0. The molecule has 0 bridgehead atoms. The molecule has 0 spiro atoms. The van der Waals surface area contributed by atoms with Crippen molar-refractivity contribution in [3.8, 4) is 11.5 Å². The highest BCUT2D eigenvalue weighted by atomic mass is 32.2. The largest absolute Gasteiger partial charge is 0.485 e. The minimum absolute atomic E-state index is 0.129. The van der Waals surface area contributed by atoms with Crippen molar-refractivity contribution in [3.63, 3.8) is 0 Å². The topological polar surface area (TPSA) is 94.2 Å². The van der Waals surface area contributed by atoms with Gasteiger partial charge in [-0.2, -0.15) is 4.31 Å². The molecule has 10 heteroatoms. The van der Waals surface area contributed by atoms with Crippen molar-refractivity contribution in [1.82, 2.24) is 9.62 Å². The van der Waals surface area contributed by atoms with Crippen LogP contribution in [0.5, 0.6) is 11.5 Å². The molecule has 1 aromatic carbocycles. The van der Waals surface area contributed by atoms with Gasteiger partial charge in [0.25, 0.3) is 15.9 Å². The Morgan fingerprint density at radius 2 is 1.89 bits per heavy atom. The minimum Gasteiger partial charge on any atom is -0.485 e. The summed E-state index contributed by atoms with van der Waals surface area (Å²) in [4.78, 5) is 13.1.